The fourth-order valence-electron chi connectivity index (χ4n) is 3.42. The zero-order chi connectivity index (χ0) is 17.3. The molecule has 0 radical (unpaired) electrons. The third-order valence-corrected chi connectivity index (χ3v) is 9.84. The van der Waals surface area contributed by atoms with Crippen molar-refractivity contribution in [3.8, 4) is 0 Å². The smallest absolute Gasteiger partial charge is 0.238 e. The zero-order valence-electron chi connectivity index (χ0n) is 15.9. The molecule has 138 valence electrons. The van der Waals surface area contributed by atoms with Gasteiger partial charge in [-0.2, -0.15) is 0 Å². The normalized spacial score (nSPS) is 24.8. The van der Waals surface area contributed by atoms with Crippen LogP contribution in [-0.2, 0) is 14.2 Å². The van der Waals surface area contributed by atoms with Crippen LogP contribution in [-0.4, -0.2) is 31.9 Å². The summed E-state index contributed by atoms with van der Waals surface area (Å²) in [4.78, 5) is 6.12. The van der Waals surface area contributed by atoms with Gasteiger partial charge in [0.2, 0.25) is 8.32 Å². The quantitative estimate of drug-likeness (QED) is 0.233. The molecule has 4 nitrogen and oxygen atoms in total. The molecule has 0 unspecified atom stereocenters. The summed E-state index contributed by atoms with van der Waals surface area (Å²) in [5.74, 6) is 0.158. The van der Waals surface area contributed by atoms with E-state index in [0.717, 1.165) is 43.8 Å². The minimum Gasteiger partial charge on any atom is -0.368 e. The number of unbranched alkanes of at least 4 members (excludes halogenated alkanes) is 2. The van der Waals surface area contributed by atoms with E-state index in [2.05, 4.69) is 34.6 Å². The first-order valence-corrected chi connectivity index (χ1v) is 12.1. The third-order valence-electron chi connectivity index (χ3n) is 5.54. The number of aliphatic hydroxyl groups is 1. The second-order valence-corrected chi connectivity index (χ2v) is 12.0. The Morgan fingerprint density at radius 1 is 1.13 bits per heavy atom. The molecule has 1 fully saturated rings. The van der Waals surface area contributed by atoms with E-state index in [1.807, 2.05) is 0 Å². The number of aliphatic hydroxyl groups excluding tert-OH is 1. The lowest BCUT2D eigenvalue weighted by Gasteiger charge is -2.36. The number of hydrogen-bond donors (Lipinski definition) is 1. The van der Waals surface area contributed by atoms with Crippen molar-refractivity contribution in [2.24, 2.45) is 5.92 Å². The van der Waals surface area contributed by atoms with Crippen LogP contribution < -0.4 is 0 Å². The molecule has 1 heterocycles. The molecule has 1 aliphatic heterocycles. The van der Waals surface area contributed by atoms with Crippen LogP contribution in [0.2, 0.25) is 18.1 Å². The summed E-state index contributed by atoms with van der Waals surface area (Å²) < 4.78 is 11.4. The standard InChI is InChI=1S/C18H38O4Si/c1-6-10-11-13-18(5,15-16-12-14-20-17(16)19)21-22-23(7-2,8-3)9-4/h16-17,19H,6-15H2,1-5H3/t16-,17+,18-/m1/s1. The second kappa shape index (κ2) is 10.1. The van der Waals surface area contributed by atoms with Crippen molar-refractivity contribution in [3.05, 3.63) is 0 Å². The summed E-state index contributed by atoms with van der Waals surface area (Å²) in [6, 6.07) is 3.25. The van der Waals surface area contributed by atoms with E-state index in [1.165, 1.54) is 12.8 Å². The molecule has 1 saturated heterocycles. The second-order valence-electron chi connectivity index (χ2n) is 7.33. The lowest BCUT2D eigenvalue weighted by molar-refractivity contribution is -0.307. The first-order valence-electron chi connectivity index (χ1n) is 9.60. The Morgan fingerprint density at radius 2 is 1.78 bits per heavy atom. The van der Waals surface area contributed by atoms with Crippen molar-refractivity contribution in [2.45, 2.75) is 103 Å². The first kappa shape index (κ1) is 21.1. The fourth-order valence-corrected chi connectivity index (χ4v) is 5.65. The average molecular weight is 347 g/mol. The molecule has 0 amide bonds. The molecule has 0 bridgehead atoms. The van der Waals surface area contributed by atoms with Crippen LogP contribution in [0.4, 0.5) is 0 Å². The van der Waals surface area contributed by atoms with Crippen LogP contribution in [0.3, 0.4) is 0 Å². The summed E-state index contributed by atoms with van der Waals surface area (Å²) >= 11 is 0. The average Bonchev–Trinajstić information content (AvgIpc) is 2.94. The Labute approximate surface area is 144 Å². The van der Waals surface area contributed by atoms with E-state index in [-0.39, 0.29) is 11.5 Å². The predicted molar refractivity (Wildman–Crippen MR) is 96.6 cm³/mol. The zero-order valence-corrected chi connectivity index (χ0v) is 16.9. The van der Waals surface area contributed by atoms with Crippen LogP contribution >= 0.6 is 0 Å². The van der Waals surface area contributed by atoms with Gasteiger partial charge in [0.05, 0.1) is 12.2 Å². The molecule has 0 aliphatic carbocycles. The summed E-state index contributed by atoms with van der Waals surface area (Å²) in [6.45, 7) is 11.7. The van der Waals surface area contributed by atoms with Gasteiger partial charge in [-0.25, -0.2) is 4.89 Å². The molecular formula is C18H38O4Si. The van der Waals surface area contributed by atoms with Gasteiger partial charge in [-0.05, 0) is 44.3 Å². The summed E-state index contributed by atoms with van der Waals surface area (Å²) in [6.07, 6.45) is 5.59. The van der Waals surface area contributed by atoms with Crippen molar-refractivity contribution in [1.82, 2.24) is 0 Å². The van der Waals surface area contributed by atoms with Crippen molar-refractivity contribution in [1.29, 1.82) is 0 Å². The molecule has 3 atom stereocenters. The highest BCUT2D eigenvalue weighted by Gasteiger charge is 2.39. The van der Waals surface area contributed by atoms with Gasteiger partial charge in [0, 0.05) is 5.92 Å². The van der Waals surface area contributed by atoms with Crippen molar-refractivity contribution < 1.29 is 19.3 Å². The summed E-state index contributed by atoms with van der Waals surface area (Å²) in [7, 11) is -1.76. The third kappa shape index (κ3) is 6.46. The van der Waals surface area contributed by atoms with Crippen LogP contribution in [0, 0.1) is 5.92 Å². The van der Waals surface area contributed by atoms with Crippen molar-refractivity contribution in [3.63, 3.8) is 0 Å². The number of rotatable bonds is 12. The molecular weight excluding hydrogens is 308 g/mol. The van der Waals surface area contributed by atoms with E-state index >= 15 is 0 Å². The molecule has 5 heteroatoms. The Hall–Kier alpha value is 0.0569. The summed E-state index contributed by atoms with van der Waals surface area (Å²) in [5.41, 5.74) is -0.327. The van der Waals surface area contributed by atoms with E-state index in [0.29, 0.717) is 6.61 Å². The van der Waals surface area contributed by atoms with Crippen LogP contribution in [0.15, 0.2) is 0 Å². The highest BCUT2D eigenvalue weighted by Crippen LogP contribution is 2.35. The molecule has 0 aromatic carbocycles. The van der Waals surface area contributed by atoms with Gasteiger partial charge in [-0.15, -0.1) is 0 Å². The van der Waals surface area contributed by atoms with Gasteiger partial charge in [-0.1, -0.05) is 47.0 Å². The summed E-state index contributed by atoms with van der Waals surface area (Å²) in [5, 5.41) is 9.98. The molecule has 0 aromatic rings. The largest absolute Gasteiger partial charge is 0.368 e. The molecule has 23 heavy (non-hydrogen) atoms. The van der Waals surface area contributed by atoms with Crippen LogP contribution in [0.1, 0.15) is 73.1 Å². The van der Waals surface area contributed by atoms with E-state index in [9.17, 15) is 5.11 Å². The van der Waals surface area contributed by atoms with E-state index < -0.39 is 14.6 Å². The Morgan fingerprint density at radius 3 is 2.26 bits per heavy atom. The Kier molecular flexibility index (Phi) is 9.30. The van der Waals surface area contributed by atoms with Gasteiger partial charge >= 0.3 is 0 Å². The minimum absolute atomic E-state index is 0.158. The number of hydrogen-bond acceptors (Lipinski definition) is 4. The maximum atomic E-state index is 9.98. The van der Waals surface area contributed by atoms with Gasteiger partial charge in [0.25, 0.3) is 0 Å². The Balaban J connectivity index is 2.69. The topological polar surface area (TPSA) is 47.9 Å². The van der Waals surface area contributed by atoms with Gasteiger partial charge in [-0.3, -0.25) is 4.58 Å². The molecule has 0 saturated carbocycles. The minimum atomic E-state index is -1.76. The maximum absolute atomic E-state index is 9.98. The van der Waals surface area contributed by atoms with Gasteiger partial charge < -0.3 is 9.84 Å². The maximum Gasteiger partial charge on any atom is 0.238 e. The van der Waals surface area contributed by atoms with Gasteiger partial charge in [0.15, 0.2) is 6.29 Å². The molecule has 1 rings (SSSR count). The molecule has 0 spiro atoms. The fraction of sp³-hybridized carbons (Fsp3) is 1.00. The lowest BCUT2D eigenvalue weighted by Crippen LogP contribution is -2.42. The van der Waals surface area contributed by atoms with E-state index in [1.54, 1.807) is 0 Å². The SMILES string of the molecule is CCCCC[C@](C)(C[C@H]1CCO[C@@H]1O)OO[Si](CC)(CC)CC. The highest BCUT2D eigenvalue weighted by molar-refractivity contribution is 6.73. The molecule has 1 aliphatic rings. The van der Waals surface area contributed by atoms with Crippen LogP contribution in [0.5, 0.6) is 0 Å². The monoisotopic (exact) mass is 346 g/mol. The first-order chi connectivity index (χ1) is 10.9. The number of ether oxygens (including phenoxy) is 1. The van der Waals surface area contributed by atoms with Gasteiger partial charge in [0.1, 0.15) is 0 Å². The molecule has 0 aromatic heterocycles. The predicted octanol–water partition coefficient (Wildman–Crippen LogP) is 5.02. The van der Waals surface area contributed by atoms with Crippen molar-refractivity contribution in [2.75, 3.05) is 6.61 Å². The lowest BCUT2D eigenvalue weighted by atomic mass is 9.86. The van der Waals surface area contributed by atoms with E-state index in [4.69, 9.17) is 14.2 Å². The van der Waals surface area contributed by atoms with Crippen molar-refractivity contribution >= 4 is 8.32 Å². The van der Waals surface area contributed by atoms with Crippen LogP contribution in [0.25, 0.3) is 0 Å². The highest BCUT2D eigenvalue weighted by atomic mass is 28.4. The molecule has 1 N–H and O–H groups in total. The Bertz CT molecular complexity index is 314.